The highest BCUT2D eigenvalue weighted by Gasteiger charge is 2.51. The summed E-state index contributed by atoms with van der Waals surface area (Å²) in [5, 5.41) is 9.23. The van der Waals surface area contributed by atoms with Gasteiger partial charge in [-0.2, -0.15) is 0 Å². The van der Waals surface area contributed by atoms with E-state index < -0.39 is 11.8 Å². The van der Waals surface area contributed by atoms with E-state index in [1.807, 2.05) is 0 Å². The standard InChI is InChI=1S/C6H11NO3/c7-6-1-2-9-5(6)4(8)3-10-6/h4-5,8H,1-3,7H2/t4?,5-,6-/m1/s1. The van der Waals surface area contributed by atoms with Crippen LogP contribution in [-0.4, -0.2) is 36.3 Å². The molecule has 2 heterocycles. The summed E-state index contributed by atoms with van der Waals surface area (Å²) in [5.41, 5.74) is 5.05. The van der Waals surface area contributed by atoms with E-state index in [2.05, 4.69) is 0 Å². The van der Waals surface area contributed by atoms with E-state index in [1.54, 1.807) is 0 Å². The van der Waals surface area contributed by atoms with Gasteiger partial charge in [-0.05, 0) is 0 Å². The summed E-state index contributed by atoms with van der Waals surface area (Å²) in [6.45, 7) is 0.902. The first-order chi connectivity index (χ1) is 4.72. The molecule has 2 fully saturated rings. The minimum absolute atomic E-state index is 0.299. The van der Waals surface area contributed by atoms with Gasteiger partial charge in [0.2, 0.25) is 0 Å². The summed E-state index contributed by atoms with van der Waals surface area (Å²) in [5.74, 6) is 0. The van der Waals surface area contributed by atoms with Gasteiger partial charge in [0.05, 0.1) is 13.2 Å². The van der Waals surface area contributed by atoms with Crippen molar-refractivity contribution in [3.05, 3.63) is 0 Å². The van der Waals surface area contributed by atoms with Crippen LogP contribution >= 0.6 is 0 Å². The molecule has 0 saturated carbocycles. The molecule has 0 aromatic heterocycles. The van der Waals surface area contributed by atoms with Gasteiger partial charge in [-0.3, -0.25) is 0 Å². The van der Waals surface area contributed by atoms with Gasteiger partial charge in [0.1, 0.15) is 17.9 Å². The van der Waals surface area contributed by atoms with Gasteiger partial charge in [0, 0.05) is 6.42 Å². The minimum Gasteiger partial charge on any atom is -0.388 e. The van der Waals surface area contributed by atoms with Crippen LogP contribution in [0.2, 0.25) is 0 Å². The normalized spacial score (nSPS) is 53.4. The first-order valence-corrected chi connectivity index (χ1v) is 3.45. The van der Waals surface area contributed by atoms with Crippen molar-refractivity contribution in [3.8, 4) is 0 Å². The number of rotatable bonds is 0. The molecule has 1 unspecified atom stereocenters. The number of aliphatic hydroxyl groups is 1. The average molecular weight is 145 g/mol. The highest BCUT2D eigenvalue weighted by molar-refractivity contribution is 4.97. The molecule has 4 nitrogen and oxygen atoms in total. The van der Waals surface area contributed by atoms with Crippen LogP contribution in [0.5, 0.6) is 0 Å². The van der Waals surface area contributed by atoms with Crippen LogP contribution in [0, 0.1) is 0 Å². The second-order valence-corrected chi connectivity index (χ2v) is 2.87. The monoisotopic (exact) mass is 145 g/mol. The number of nitrogens with two attached hydrogens (primary N) is 1. The van der Waals surface area contributed by atoms with Crippen LogP contribution in [0.4, 0.5) is 0 Å². The predicted octanol–water partition coefficient (Wildman–Crippen LogP) is -1.18. The van der Waals surface area contributed by atoms with Crippen molar-refractivity contribution in [1.29, 1.82) is 0 Å². The molecule has 3 atom stereocenters. The lowest BCUT2D eigenvalue weighted by Gasteiger charge is -2.20. The highest BCUT2D eigenvalue weighted by Crippen LogP contribution is 2.32. The topological polar surface area (TPSA) is 64.7 Å². The molecule has 58 valence electrons. The van der Waals surface area contributed by atoms with Crippen molar-refractivity contribution in [2.24, 2.45) is 5.73 Å². The van der Waals surface area contributed by atoms with E-state index >= 15 is 0 Å². The molecular weight excluding hydrogens is 134 g/mol. The first kappa shape index (κ1) is 6.54. The van der Waals surface area contributed by atoms with Crippen LogP contribution in [0.15, 0.2) is 0 Å². The minimum atomic E-state index is -0.695. The van der Waals surface area contributed by atoms with Gasteiger partial charge in [-0.1, -0.05) is 0 Å². The second-order valence-electron chi connectivity index (χ2n) is 2.87. The quantitative estimate of drug-likeness (QED) is 0.450. The Kier molecular flexibility index (Phi) is 1.25. The fourth-order valence-electron chi connectivity index (χ4n) is 1.55. The van der Waals surface area contributed by atoms with Crippen LogP contribution in [0.1, 0.15) is 6.42 Å². The zero-order valence-electron chi connectivity index (χ0n) is 5.62. The summed E-state index contributed by atoms with van der Waals surface area (Å²) in [6.07, 6.45) is -0.144. The molecule has 10 heavy (non-hydrogen) atoms. The van der Waals surface area contributed by atoms with Gasteiger partial charge in [0.15, 0.2) is 0 Å². The zero-order valence-corrected chi connectivity index (χ0v) is 5.62. The Bertz CT molecular complexity index is 152. The average Bonchev–Trinajstić information content (AvgIpc) is 2.35. The molecule has 0 bridgehead atoms. The number of fused-ring (bicyclic) bond motifs is 1. The van der Waals surface area contributed by atoms with Crippen LogP contribution in [0.25, 0.3) is 0 Å². The molecule has 2 aliphatic rings. The van der Waals surface area contributed by atoms with Crippen molar-refractivity contribution in [3.63, 3.8) is 0 Å². The Morgan fingerprint density at radius 1 is 1.60 bits per heavy atom. The molecule has 0 spiro atoms. The molecule has 2 saturated heterocycles. The van der Waals surface area contributed by atoms with Crippen LogP contribution < -0.4 is 5.73 Å². The number of hydrogen-bond acceptors (Lipinski definition) is 4. The third-order valence-corrected chi connectivity index (χ3v) is 2.14. The molecule has 0 aliphatic carbocycles. The molecule has 4 heteroatoms. The van der Waals surface area contributed by atoms with Crippen molar-refractivity contribution < 1.29 is 14.6 Å². The fraction of sp³-hybridized carbons (Fsp3) is 1.00. The van der Waals surface area contributed by atoms with Gasteiger partial charge in [-0.25, -0.2) is 0 Å². The van der Waals surface area contributed by atoms with E-state index in [-0.39, 0.29) is 6.10 Å². The largest absolute Gasteiger partial charge is 0.388 e. The van der Waals surface area contributed by atoms with E-state index in [0.29, 0.717) is 19.6 Å². The predicted molar refractivity (Wildman–Crippen MR) is 33.2 cm³/mol. The van der Waals surface area contributed by atoms with Crippen molar-refractivity contribution in [2.45, 2.75) is 24.4 Å². The van der Waals surface area contributed by atoms with E-state index in [1.165, 1.54) is 0 Å². The lowest BCUT2D eigenvalue weighted by Crippen LogP contribution is -2.47. The number of ether oxygens (including phenoxy) is 2. The summed E-state index contributed by atoms with van der Waals surface area (Å²) >= 11 is 0. The van der Waals surface area contributed by atoms with E-state index in [4.69, 9.17) is 15.2 Å². The molecule has 0 radical (unpaired) electrons. The summed E-state index contributed by atoms with van der Waals surface area (Å²) in [4.78, 5) is 0. The molecular formula is C6H11NO3. The SMILES string of the molecule is N[C@@]12CCO[C@@H]1C(O)CO2. The number of aliphatic hydroxyl groups excluding tert-OH is 1. The Morgan fingerprint density at radius 2 is 2.40 bits per heavy atom. The molecule has 0 amide bonds. The Labute approximate surface area is 58.9 Å². The third kappa shape index (κ3) is 0.703. The Balaban J connectivity index is 2.19. The molecule has 0 aromatic carbocycles. The molecule has 2 rings (SSSR count). The first-order valence-electron chi connectivity index (χ1n) is 3.45. The van der Waals surface area contributed by atoms with Crippen molar-refractivity contribution >= 4 is 0 Å². The molecule has 0 aromatic rings. The maximum atomic E-state index is 9.23. The zero-order chi connectivity index (χ0) is 7.19. The van der Waals surface area contributed by atoms with Crippen molar-refractivity contribution in [2.75, 3.05) is 13.2 Å². The number of hydrogen-bond donors (Lipinski definition) is 2. The maximum absolute atomic E-state index is 9.23. The van der Waals surface area contributed by atoms with Crippen LogP contribution in [0.3, 0.4) is 0 Å². The molecule has 2 aliphatic heterocycles. The summed E-state index contributed by atoms with van der Waals surface area (Å²) < 4.78 is 10.4. The van der Waals surface area contributed by atoms with E-state index in [9.17, 15) is 5.11 Å². The lowest BCUT2D eigenvalue weighted by molar-refractivity contribution is -0.0226. The highest BCUT2D eigenvalue weighted by atomic mass is 16.6. The Morgan fingerprint density at radius 3 is 3.10 bits per heavy atom. The summed E-state index contributed by atoms with van der Waals surface area (Å²) in [6, 6.07) is 0. The Hall–Kier alpha value is -0.160. The van der Waals surface area contributed by atoms with Gasteiger partial charge in [-0.15, -0.1) is 0 Å². The molecule has 3 N–H and O–H groups in total. The van der Waals surface area contributed by atoms with Gasteiger partial charge >= 0.3 is 0 Å². The van der Waals surface area contributed by atoms with Crippen molar-refractivity contribution in [1.82, 2.24) is 0 Å². The van der Waals surface area contributed by atoms with E-state index in [0.717, 1.165) is 0 Å². The summed E-state index contributed by atoms with van der Waals surface area (Å²) in [7, 11) is 0. The smallest absolute Gasteiger partial charge is 0.148 e. The fourth-order valence-corrected chi connectivity index (χ4v) is 1.55. The van der Waals surface area contributed by atoms with Gasteiger partial charge in [0.25, 0.3) is 0 Å². The van der Waals surface area contributed by atoms with Gasteiger partial charge < -0.3 is 20.3 Å². The lowest BCUT2D eigenvalue weighted by atomic mass is 10.1. The van der Waals surface area contributed by atoms with Crippen LogP contribution in [-0.2, 0) is 9.47 Å². The third-order valence-electron chi connectivity index (χ3n) is 2.14. The maximum Gasteiger partial charge on any atom is 0.148 e. The second kappa shape index (κ2) is 1.92.